The van der Waals surface area contributed by atoms with Gasteiger partial charge < -0.3 is 20.2 Å². The zero-order valence-electron chi connectivity index (χ0n) is 13.6. The molecule has 0 unspecified atom stereocenters. The molecule has 1 heterocycles. The molecule has 0 spiro atoms. The Morgan fingerprint density at radius 2 is 1.84 bits per heavy atom. The molecule has 3 rings (SSSR count). The van der Waals surface area contributed by atoms with E-state index < -0.39 is 12.1 Å². The molecule has 0 aliphatic rings. The van der Waals surface area contributed by atoms with Crippen LogP contribution < -0.4 is 10.6 Å². The summed E-state index contributed by atoms with van der Waals surface area (Å²) in [6, 6.07) is 15.5. The van der Waals surface area contributed by atoms with Crippen LogP contribution in [0.3, 0.4) is 0 Å². The van der Waals surface area contributed by atoms with Crippen LogP contribution in [0.4, 0.5) is 10.5 Å². The maximum atomic E-state index is 12.1. The molecule has 7 nitrogen and oxygen atoms in total. The zero-order valence-corrected chi connectivity index (χ0v) is 13.6. The second kappa shape index (κ2) is 7.59. The molecule has 0 aliphatic carbocycles. The van der Waals surface area contributed by atoms with Gasteiger partial charge >= 0.3 is 6.03 Å². The number of carbonyl (C=O) groups excluding carboxylic acids is 1. The molecule has 0 saturated heterocycles. The molecule has 7 heteroatoms. The fourth-order valence-corrected chi connectivity index (χ4v) is 2.35. The summed E-state index contributed by atoms with van der Waals surface area (Å²) in [6.45, 7) is 1.54. The number of aliphatic hydroxyl groups is 1. The first-order valence-corrected chi connectivity index (χ1v) is 7.79. The van der Waals surface area contributed by atoms with Crippen LogP contribution in [0.15, 0.2) is 59.0 Å². The molecule has 2 aromatic carbocycles. The predicted octanol–water partition coefficient (Wildman–Crippen LogP) is 2.90. The molecule has 3 aromatic rings. The van der Waals surface area contributed by atoms with Crippen molar-refractivity contribution in [2.75, 3.05) is 11.9 Å². The minimum atomic E-state index is -0.471. The number of carbonyl (C=O) groups is 1. The van der Waals surface area contributed by atoms with E-state index in [1.807, 2.05) is 30.3 Å². The Morgan fingerprint density at radius 3 is 2.44 bits per heavy atom. The van der Waals surface area contributed by atoms with Crippen LogP contribution in [-0.2, 0) is 0 Å². The Bertz CT molecular complexity index is 831. The van der Waals surface area contributed by atoms with Gasteiger partial charge in [-0.05, 0) is 29.8 Å². The lowest BCUT2D eigenvalue weighted by molar-refractivity contribution is 0.225. The molecule has 0 bridgehead atoms. The molecule has 0 radical (unpaired) electrons. The minimum absolute atomic E-state index is 0.188. The van der Waals surface area contributed by atoms with E-state index in [1.54, 1.807) is 31.2 Å². The van der Waals surface area contributed by atoms with Crippen LogP contribution in [-0.4, -0.2) is 27.9 Å². The van der Waals surface area contributed by atoms with Crippen LogP contribution in [0, 0.1) is 6.92 Å². The largest absolute Gasteiger partial charge is 0.421 e. The van der Waals surface area contributed by atoms with E-state index in [1.165, 1.54) is 0 Å². The fourth-order valence-electron chi connectivity index (χ4n) is 2.35. The fraction of sp³-hybridized carbons (Fsp3) is 0.167. The van der Waals surface area contributed by atoms with Gasteiger partial charge in [0.15, 0.2) is 0 Å². The lowest BCUT2D eigenvalue weighted by Gasteiger charge is -2.17. The topological polar surface area (TPSA) is 100 Å². The molecule has 128 valence electrons. The average molecular weight is 338 g/mol. The third-order valence-electron chi connectivity index (χ3n) is 3.61. The lowest BCUT2D eigenvalue weighted by atomic mass is 10.1. The predicted molar refractivity (Wildman–Crippen MR) is 92.9 cm³/mol. The number of aromatic nitrogens is 2. The first-order chi connectivity index (χ1) is 12.2. The van der Waals surface area contributed by atoms with Gasteiger partial charge in [0.05, 0.1) is 12.6 Å². The Balaban J connectivity index is 1.62. The number of hydrogen-bond acceptors (Lipinski definition) is 5. The highest BCUT2D eigenvalue weighted by molar-refractivity contribution is 5.89. The van der Waals surface area contributed by atoms with Gasteiger partial charge in [0.2, 0.25) is 11.8 Å². The Kier molecular flexibility index (Phi) is 5.06. The lowest BCUT2D eigenvalue weighted by Crippen LogP contribution is -2.34. The smallest absolute Gasteiger partial charge is 0.319 e. The Labute approximate surface area is 144 Å². The SMILES string of the molecule is Cc1nnc(-c2ccc(NC(=O)N[C@@H](CO)c3ccccc3)cc2)o1. The van der Waals surface area contributed by atoms with E-state index in [4.69, 9.17) is 4.42 Å². The van der Waals surface area contributed by atoms with Crippen molar-refractivity contribution < 1.29 is 14.3 Å². The molecule has 0 aliphatic heterocycles. The number of benzene rings is 2. The molecule has 3 N–H and O–H groups in total. The highest BCUT2D eigenvalue weighted by Crippen LogP contribution is 2.20. The van der Waals surface area contributed by atoms with Crippen LogP contribution in [0.5, 0.6) is 0 Å². The number of rotatable bonds is 5. The summed E-state index contributed by atoms with van der Waals surface area (Å²) < 4.78 is 5.36. The van der Waals surface area contributed by atoms with Crippen molar-refractivity contribution in [3.8, 4) is 11.5 Å². The van der Waals surface area contributed by atoms with Gasteiger partial charge in [-0.25, -0.2) is 4.79 Å². The van der Waals surface area contributed by atoms with Gasteiger partial charge in [-0.3, -0.25) is 0 Å². The Morgan fingerprint density at radius 1 is 1.12 bits per heavy atom. The third-order valence-corrected chi connectivity index (χ3v) is 3.61. The molecular weight excluding hydrogens is 320 g/mol. The van der Waals surface area contributed by atoms with Gasteiger partial charge in [0.1, 0.15) is 0 Å². The number of nitrogens with one attached hydrogen (secondary N) is 2. The normalized spacial score (nSPS) is 11.8. The minimum Gasteiger partial charge on any atom is -0.421 e. The molecular formula is C18H18N4O3. The summed E-state index contributed by atoms with van der Waals surface area (Å²) in [4.78, 5) is 12.1. The highest BCUT2D eigenvalue weighted by atomic mass is 16.4. The number of nitrogens with zero attached hydrogens (tertiary/aromatic N) is 2. The molecule has 1 atom stereocenters. The van der Waals surface area contributed by atoms with Gasteiger partial charge in [-0.2, -0.15) is 0 Å². The summed E-state index contributed by atoms with van der Waals surface area (Å²) in [5.74, 6) is 0.922. The van der Waals surface area contributed by atoms with Crippen molar-refractivity contribution in [1.82, 2.24) is 15.5 Å². The van der Waals surface area contributed by atoms with Crippen molar-refractivity contribution in [3.63, 3.8) is 0 Å². The number of amides is 2. The number of aliphatic hydroxyl groups excluding tert-OH is 1. The van der Waals surface area contributed by atoms with E-state index in [-0.39, 0.29) is 6.61 Å². The van der Waals surface area contributed by atoms with E-state index in [9.17, 15) is 9.90 Å². The van der Waals surface area contributed by atoms with Crippen molar-refractivity contribution in [2.24, 2.45) is 0 Å². The third kappa shape index (κ3) is 4.21. The number of anilines is 1. The number of urea groups is 1. The summed E-state index contributed by atoms with van der Waals surface area (Å²) in [5, 5.41) is 22.7. The van der Waals surface area contributed by atoms with E-state index in [0.29, 0.717) is 17.5 Å². The van der Waals surface area contributed by atoms with E-state index >= 15 is 0 Å². The summed E-state index contributed by atoms with van der Waals surface area (Å²) in [6.07, 6.45) is 0. The first kappa shape index (κ1) is 16.7. The van der Waals surface area contributed by atoms with E-state index in [0.717, 1.165) is 11.1 Å². The van der Waals surface area contributed by atoms with Crippen LogP contribution in [0.1, 0.15) is 17.5 Å². The molecule has 0 saturated carbocycles. The Hall–Kier alpha value is -3.19. The van der Waals surface area contributed by atoms with Crippen molar-refractivity contribution >= 4 is 11.7 Å². The second-order valence-electron chi connectivity index (χ2n) is 5.45. The maximum absolute atomic E-state index is 12.1. The molecule has 2 amide bonds. The molecule has 1 aromatic heterocycles. The number of hydrogen-bond donors (Lipinski definition) is 3. The highest BCUT2D eigenvalue weighted by Gasteiger charge is 2.13. The van der Waals surface area contributed by atoms with Gasteiger partial charge in [0, 0.05) is 18.2 Å². The first-order valence-electron chi connectivity index (χ1n) is 7.79. The molecule has 0 fully saturated rings. The van der Waals surface area contributed by atoms with Crippen molar-refractivity contribution in [2.45, 2.75) is 13.0 Å². The van der Waals surface area contributed by atoms with Gasteiger partial charge in [-0.1, -0.05) is 30.3 Å². The van der Waals surface area contributed by atoms with Crippen molar-refractivity contribution in [1.29, 1.82) is 0 Å². The maximum Gasteiger partial charge on any atom is 0.319 e. The van der Waals surface area contributed by atoms with Crippen LogP contribution in [0.2, 0.25) is 0 Å². The van der Waals surface area contributed by atoms with Crippen LogP contribution >= 0.6 is 0 Å². The molecule has 25 heavy (non-hydrogen) atoms. The average Bonchev–Trinajstić information content (AvgIpc) is 3.07. The standard InChI is InChI=1S/C18H18N4O3/c1-12-21-22-17(25-12)14-7-9-15(10-8-14)19-18(24)20-16(11-23)13-5-3-2-4-6-13/h2-10,16,23H,11H2,1H3,(H2,19,20,24)/t16-/m0/s1. The quantitative estimate of drug-likeness (QED) is 0.664. The monoisotopic (exact) mass is 338 g/mol. The summed E-state index contributed by atoms with van der Waals surface area (Å²) >= 11 is 0. The summed E-state index contributed by atoms with van der Waals surface area (Å²) in [5.41, 5.74) is 2.22. The number of aryl methyl sites for hydroxylation is 1. The van der Waals surface area contributed by atoms with Crippen molar-refractivity contribution in [3.05, 3.63) is 66.1 Å². The second-order valence-corrected chi connectivity index (χ2v) is 5.45. The van der Waals surface area contributed by atoms with Gasteiger partial charge in [-0.15, -0.1) is 10.2 Å². The van der Waals surface area contributed by atoms with E-state index in [2.05, 4.69) is 20.8 Å². The van der Waals surface area contributed by atoms with Gasteiger partial charge in [0.25, 0.3) is 0 Å². The zero-order chi connectivity index (χ0) is 17.6. The van der Waals surface area contributed by atoms with Crippen LogP contribution in [0.25, 0.3) is 11.5 Å². The summed E-state index contributed by atoms with van der Waals surface area (Å²) in [7, 11) is 0.